The van der Waals surface area contributed by atoms with Gasteiger partial charge in [-0.3, -0.25) is 9.59 Å². The van der Waals surface area contributed by atoms with Crippen molar-refractivity contribution < 1.29 is 9.59 Å². The Morgan fingerprint density at radius 1 is 1.27 bits per heavy atom. The number of piperidine rings is 1. The SMILES string of the molecule is NC(=O)C1CCCN(C(=O)C2(c3cccc(Cl)c3)CCC2)C1. The van der Waals surface area contributed by atoms with E-state index in [4.69, 9.17) is 17.3 Å². The maximum atomic E-state index is 13.1. The molecule has 118 valence electrons. The van der Waals surface area contributed by atoms with Gasteiger partial charge in [-0.1, -0.05) is 30.2 Å². The van der Waals surface area contributed by atoms with E-state index >= 15 is 0 Å². The minimum Gasteiger partial charge on any atom is -0.369 e. The predicted octanol–water partition coefficient (Wildman–Crippen LogP) is 2.49. The maximum absolute atomic E-state index is 13.1. The molecular weight excluding hydrogens is 300 g/mol. The van der Waals surface area contributed by atoms with Crippen molar-refractivity contribution in [1.29, 1.82) is 0 Å². The first-order valence-electron chi connectivity index (χ1n) is 7.88. The van der Waals surface area contributed by atoms with Crippen molar-refractivity contribution in [2.24, 2.45) is 11.7 Å². The van der Waals surface area contributed by atoms with E-state index < -0.39 is 5.41 Å². The van der Waals surface area contributed by atoms with Crippen LogP contribution in [0.3, 0.4) is 0 Å². The lowest BCUT2D eigenvalue weighted by Crippen LogP contribution is -2.54. The van der Waals surface area contributed by atoms with Crippen LogP contribution >= 0.6 is 11.6 Å². The molecule has 0 aromatic heterocycles. The molecule has 4 nitrogen and oxygen atoms in total. The van der Waals surface area contributed by atoms with E-state index in [1.807, 2.05) is 29.2 Å². The molecule has 0 bridgehead atoms. The van der Waals surface area contributed by atoms with Gasteiger partial charge in [0.05, 0.1) is 11.3 Å². The first-order valence-corrected chi connectivity index (χ1v) is 8.25. The van der Waals surface area contributed by atoms with Gasteiger partial charge in [-0.05, 0) is 43.4 Å². The number of halogens is 1. The summed E-state index contributed by atoms with van der Waals surface area (Å²) in [6.45, 7) is 1.17. The number of hydrogen-bond acceptors (Lipinski definition) is 2. The third-order valence-corrected chi connectivity index (χ3v) is 5.34. The van der Waals surface area contributed by atoms with Gasteiger partial charge in [0.2, 0.25) is 11.8 Å². The van der Waals surface area contributed by atoms with Crippen molar-refractivity contribution in [1.82, 2.24) is 4.90 Å². The second kappa shape index (κ2) is 5.92. The molecule has 2 amide bonds. The lowest BCUT2D eigenvalue weighted by Gasteiger charge is -2.45. The Morgan fingerprint density at radius 3 is 2.64 bits per heavy atom. The summed E-state index contributed by atoms with van der Waals surface area (Å²) in [5.41, 5.74) is 5.97. The summed E-state index contributed by atoms with van der Waals surface area (Å²) in [6.07, 6.45) is 4.37. The molecule has 1 aliphatic carbocycles. The van der Waals surface area contributed by atoms with Gasteiger partial charge in [0.1, 0.15) is 0 Å². The van der Waals surface area contributed by atoms with Crippen molar-refractivity contribution in [3.63, 3.8) is 0 Å². The van der Waals surface area contributed by atoms with Crippen LogP contribution in [0.15, 0.2) is 24.3 Å². The van der Waals surface area contributed by atoms with Crippen molar-refractivity contribution in [2.45, 2.75) is 37.5 Å². The Labute approximate surface area is 135 Å². The quantitative estimate of drug-likeness (QED) is 0.930. The number of nitrogens with zero attached hydrogens (tertiary/aromatic N) is 1. The maximum Gasteiger partial charge on any atom is 0.233 e. The Bertz CT molecular complexity index is 598. The fourth-order valence-corrected chi connectivity index (χ4v) is 3.83. The molecular formula is C17H21ClN2O2. The number of benzene rings is 1. The molecule has 1 aromatic carbocycles. The molecule has 22 heavy (non-hydrogen) atoms. The molecule has 1 atom stereocenters. The lowest BCUT2D eigenvalue weighted by atomic mass is 9.63. The Balaban J connectivity index is 1.84. The van der Waals surface area contributed by atoms with Crippen molar-refractivity contribution in [3.8, 4) is 0 Å². The van der Waals surface area contributed by atoms with Crippen LogP contribution in [0, 0.1) is 5.92 Å². The second-order valence-corrected chi connectivity index (χ2v) is 6.88. The van der Waals surface area contributed by atoms with Gasteiger partial charge >= 0.3 is 0 Å². The molecule has 2 N–H and O–H groups in total. The van der Waals surface area contributed by atoms with Crippen molar-refractivity contribution in [3.05, 3.63) is 34.9 Å². The zero-order chi connectivity index (χ0) is 15.7. The van der Waals surface area contributed by atoms with Crippen LogP contribution in [0.4, 0.5) is 0 Å². The molecule has 3 rings (SSSR count). The monoisotopic (exact) mass is 320 g/mol. The summed E-state index contributed by atoms with van der Waals surface area (Å²) in [5.74, 6) is -0.385. The van der Waals surface area contributed by atoms with Gasteiger partial charge in [0.25, 0.3) is 0 Å². The number of rotatable bonds is 3. The highest BCUT2D eigenvalue weighted by molar-refractivity contribution is 6.30. The molecule has 1 unspecified atom stereocenters. The number of likely N-dealkylation sites (tertiary alicyclic amines) is 1. The van der Waals surface area contributed by atoms with E-state index in [2.05, 4.69) is 0 Å². The van der Waals surface area contributed by atoms with Gasteiger partial charge in [0, 0.05) is 18.1 Å². The fraction of sp³-hybridized carbons (Fsp3) is 0.529. The largest absolute Gasteiger partial charge is 0.369 e. The highest BCUT2D eigenvalue weighted by Gasteiger charge is 2.48. The van der Waals surface area contributed by atoms with Gasteiger partial charge in [0.15, 0.2) is 0 Å². The predicted molar refractivity (Wildman–Crippen MR) is 85.5 cm³/mol. The van der Waals surface area contributed by atoms with Crippen LogP contribution in [0.2, 0.25) is 5.02 Å². The Hall–Kier alpha value is -1.55. The molecule has 1 saturated heterocycles. The van der Waals surface area contributed by atoms with Crippen LogP contribution in [-0.2, 0) is 15.0 Å². The third kappa shape index (κ3) is 2.60. The van der Waals surface area contributed by atoms with Crippen LogP contribution < -0.4 is 5.73 Å². The van der Waals surface area contributed by atoms with E-state index in [1.54, 1.807) is 0 Å². The third-order valence-electron chi connectivity index (χ3n) is 5.10. The smallest absolute Gasteiger partial charge is 0.233 e. The molecule has 1 saturated carbocycles. The summed E-state index contributed by atoms with van der Waals surface area (Å²) < 4.78 is 0. The molecule has 1 aromatic rings. The molecule has 2 fully saturated rings. The number of primary amides is 1. The molecule has 1 aliphatic heterocycles. The summed E-state index contributed by atoms with van der Waals surface area (Å²) >= 11 is 6.10. The molecule has 1 heterocycles. The normalized spacial score (nSPS) is 23.7. The summed E-state index contributed by atoms with van der Waals surface area (Å²) in [7, 11) is 0. The number of nitrogens with two attached hydrogens (primary N) is 1. The average molecular weight is 321 g/mol. The van der Waals surface area contributed by atoms with E-state index in [1.165, 1.54) is 0 Å². The zero-order valence-electron chi connectivity index (χ0n) is 12.6. The van der Waals surface area contributed by atoms with Gasteiger partial charge in [-0.25, -0.2) is 0 Å². The Kier molecular flexibility index (Phi) is 4.13. The van der Waals surface area contributed by atoms with E-state index in [-0.39, 0.29) is 17.7 Å². The number of carbonyl (C=O) groups excluding carboxylic acids is 2. The topological polar surface area (TPSA) is 63.4 Å². The van der Waals surface area contributed by atoms with E-state index in [0.717, 1.165) is 37.7 Å². The molecule has 0 radical (unpaired) electrons. The number of hydrogen-bond donors (Lipinski definition) is 1. The van der Waals surface area contributed by atoms with Gasteiger partial charge < -0.3 is 10.6 Å². The number of carbonyl (C=O) groups is 2. The van der Waals surface area contributed by atoms with Gasteiger partial charge in [-0.15, -0.1) is 0 Å². The lowest BCUT2D eigenvalue weighted by molar-refractivity contribution is -0.143. The average Bonchev–Trinajstić information content (AvgIpc) is 2.46. The molecule has 5 heteroatoms. The summed E-state index contributed by atoms with van der Waals surface area (Å²) in [6, 6.07) is 7.60. The van der Waals surface area contributed by atoms with Crippen molar-refractivity contribution >= 4 is 23.4 Å². The summed E-state index contributed by atoms with van der Waals surface area (Å²) in [5, 5.41) is 0.658. The second-order valence-electron chi connectivity index (χ2n) is 6.44. The molecule has 0 spiro atoms. The zero-order valence-corrected chi connectivity index (χ0v) is 13.3. The van der Waals surface area contributed by atoms with E-state index in [0.29, 0.717) is 18.1 Å². The minimum atomic E-state index is -0.454. The van der Waals surface area contributed by atoms with Crippen molar-refractivity contribution in [2.75, 3.05) is 13.1 Å². The van der Waals surface area contributed by atoms with Crippen LogP contribution in [-0.4, -0.2) is 29.8 Å². The fourth-order valence-electron chi connectivity index (χ4n) is 3.64. The van der Waals surface area contributed by atoms with Gasteiger partial charge in [-0.2, -0.15) is 0 Å². The van der Waals surface area contributed by atoms with Crippen LogP contribution in [0.5, 0.6) is 0 Å². The summed E-state index contributed by atoms with van der Waals surface area (Å²) in [4.78, 5) is 26.4. The minimum absolute atomic E-state index is 0.131. The molecule has 2 aliphatic rings. The first-order chi connectivity index (χ1) is 10.5. The van der Waals surface area contributed by atoms with E-state index in [9.17, 15) is 9.59 Å². The number of amides is 2. The highest BCUT2D eigenvalue weighted by atomic mass is 35.5. The van der Waals surface area contributed by atoms with Crippen LogP contribution in [0.25, 0.3) is 0 Å². The Morgan fingerprint density at radius 2 is 2.05 bits per heavy atom. The highest BCUT2D eigenvalue weighted by Crippen LogP contribution is 2.46. The first kappa shape index (κ1) is 15.3. The standard InChI is InChI=1S/C17H21ClN2O2/c18-14-6-1-5-13(10-14)17(7-3-8-17)16(22)20-9-2-4-12(11-20)15(19)21/h1,5-6,10,12H,2-4,7-9,11H2,(H2,19,21). The van der Waals surface area contributed by atoms with Crippen LogP contribution in [0.1, 0.15) is 37.7 Å².